The average Bonchev–Trinajstić information content (AvgIpc) is 3.19. The largest absolute Gasteiger partial charge is 0.490 e. The number of para-hydroxylation sites is 2. The van der Waals surface area contributed by atoms with Crippen LogP contribution in [0.5, 0.6) is 5.75 Å². The molecule has 1 unspecified atom stereocenters. The molecule has 0 radical (unpaired) electrons. The van der Waals surface area contributed by atoms with Gasteiger partial charge in [-0.1, -0.05) is 12.1 Å². The summed E-state index contributed by atoms with van der Waals surface area (Å²) in [7, 11) is 3.88. The predicted octanol–water partition coefficient (Wildman–Crippen LogP) is 3.51. The van der Waals surface area contributed by atoms with Crippen LogP contribution in [-0.4, -0.2) is 56.1 Å². The number of hydrogen-bond acceptors (Lipinski definition) is 5. The molecule has 0 aliphatic carbocycles. The molecule has 1 aliphatic heterocycles. The van der Waals surface area contributed by atoms with Crippen LogP contribution in [-0.2, 0) is 11.0 Å². The van der Waals surface area contributed by atoms with E-state index in [9.17, 15) is 18.0 Å². The molecule has 1 aliphatic rings. The lowest BCUT2D eigenvalue weighted by molar-refractivity contribution is -0.137. The number of halogens is 3. The molecule has 1 N–H and O–H groups in total. The van der Waals surface area contributed by atoms with Crippen molar-refractivity contribution >= 4 is 17.4 Å². The predicted molar refractivity (Wildman–Crippen MR) is 109 cm³/mol. The first-order chi connectivity index (χ1) is 14.3. The fourth-order valence-electron chi connectivity index (χ4n) is 3.31. The second kappa shape index (κ2) is 9.34. The SMILES string of the molecule is CN(C)CCOc1ccccc1NC(=O)C1CCN(c2ncccc2C(F)(F)F)C1. The summed E-state index contributed by atoms with van der Waals surface area (Å²) < 4.78 is 45.6. The smallest absolute Gasteiger partial charge is 0.419 e. The van der Waals surface area contributed by atoms with E-state index in [0.717, 1.165) is 12.6 Å². The Balaban J connectivity index is 1.65. The molecule has 9 heteroatoms. The Labute approximate surface area is 173 Å². The molecule has 0 bridgehead atoms. The van der Waals surface area contributed by atoms with Crippen LogP contribution in [0.15, 0.2) is 42.6 Å². The maximum absolute atomic E-state index is 13.3. The Hall–Kier alpha value is -2.81. The summed E-state index contributed by atoms with van der Waals surface area (Å²) in [4.78, 5) is 20.2. The fourth-order valence-corrected chi connectivity index (χ4v) is 3.31. The van der Waals surface area contributed by atoms with Crippen LogP contribution >= 0.6 is 0 Å². The van der Waals surface area contributed by atoms with Crippen molar-refractivity contribution in [2.24, 2.45) is 5.92 Å². The van der Waals surface area contributed by atoms with Crippen LogP contribution in [0.25, 0.3) is 0 Å². The van der Waals surface area contributed by atoms with Gasteiger partial charge in [-0.05, 0) is 44.8 Å². The number of amides is 1. The highest BCUT2D eigenvalue weighted by atomic mass is 19.4. The Kier molecular flexibility index (Phi) is 6.81. The van der Waals surface area contributed by atoms with Crippen LogP contribution in [0, 0.1) is 5.92 Å². The molecule has 162 valence electrons. The Morgan fingerprint density at radius 2 is 2.03 bits per heavy atom. The molecule has 30 heavy (non-hydrogen) atoms. The number of hydrogen-bond donors (Lipinski definition) is 1. The van der Waals surface area contributed by atoms with E-state index in [1.807, 2.05) is 25.1 Å². The molecule has 2 aromatic rings. The first kappa shape index (κ1) is 21.9. The number of rotatable bonds is 7. The van der Waals surface area contributed by atoms with E-state index < -0.39 is 17.7 Å². The Morgan fingerprint density at radius 3 is 2.77 bits per heavy atom. The third kappa shape index (κ3) is 5.41. The monoisotopic (exact) mass is 422 g/mol. The topological polar surface area (TPSA) is 57.7 Å². The van der Waals surface area contributed by atoms with Crippen molar-refractivity contribution in [1.82, 2.24) is 9.88 Å². The maximum Gasteiger partial charge on any atom is 0.419 e. The summed E-state index contributed by atoms with van der Waals surface area (Å²) in [6.45, 7) is 1.71. The highest BCUT2D eigenvalue weighted by Gasteiger charge is 2.38. The standard InChI is InChI=1S/C21H25F3N4O2/c1-27(2)12-13-30-18-8-4-3-7-17(18)26-20(29)15-9-11-28(14-15)19-16(21(22,23)24)6-5-10-25-19/h3-8,10,15H,9,11-14H2,1-2H3,(H,26,29). The molecule has 2 heterocycles. The zero-order chi connectivity index (χ0) is 21.7. The quantitative estimate of drug-likeness (QED) is 0.740. The zero-order valence-corrected chi connectivity index (χ0v) is 16.9. The number of carbonyl (C=O) groups excluding carboxylic acids is 1. The van der Waals surface area contributed by atoms with Crippen LogP contribution < -0.4 is 15.0 Å². The minimum atomic E-state index is -4.49. The van der Waals surface area contributed by atoms with Gasteiger partial charge in [-0.15, -0.1) is 0 Å². The van der Waals surface area contributed by atoms with Gasteiger partial charge < -0.3 is 19.9 Å². The molecular weight excluding hydrogens is 397 g/mol. The van der Waals surface area contributed by atoms with Crippen molar-refractivity contribution in [3.8, 4) is 5.75 Å². The van der Waals surface area contributed by atoms with Crippen molar-refractivity contribution in [2.45, 2.75) is 12.6 Å². The number of benzene rings is 1. The lowest BCUT2D eigenvalue weighted by atomic mass is 10.1. The first-order valence-corrected chi connectivity index (χ1v) is 9.70. The van der Waals surface area contributed by atoms with Crippen molar-refractivity contribution in [3.63, 3.8) is 0 Å². The van der Waals surface area contributed by atoms with E-state index in [1.165, 1.54) is 17.2 Å². The van der Waals surface area contributed by atoms with Gasteiger partial charge in [0.05, 0.1) is 17.2 Å². The van der Waals surface area contributed by atoms with Crippen LogP contribution in [0.1, 0.15) is 12.0 Å². The molecule has 0 spiro atoms. The first-order valence-electron chi connectivity index (χ1n) is 9.70. The summed E-state index contributed by atoms with van der Waals surface area (Å²) in [6.07, 6.45) is -2.71. The summed E-state index contributed by atoms with van der Waals surface area (Å²) in [6, 6.07) is 9.40. The van der Waals surface area contributed by atoms with Crippen molar-refractivity contribution in [1.29, 1.82) is 0 Å². The van der Waals surface area contributed by atoms with Gasteiger partial charge in [0.1, 0.15) is 18.2 Å². The highest BCUT2D eigenvalue weighted by molar-refractivity contribution is 5.94. The van der Waals surface area contributed by atoms with Gasteiger partial charge in [0.2, 0.25) is 5.91 Å². The van der Waals surface area contributed by atoms with Gasteiger partial charge in [-0.2, -0.15) is 13.2 Å². The molecule has 1 atom stereocenters. The number of aromatic nitrogens is 1. The summed E-state index contributed by atoms with van der Waals surface area (Å²) in [5, 5.41) is 2.86. The van der Waals surface area contributed by atoms with Gasteiger partial charge in [0.15, 0.2) is 0 Å². The Morgan fingerprint density at radius 1 is 1.27 bits per heavy atom. The van der Waals surface area contributed by atoms with Crippen LogP contribution in [0.3, 0.4) is 0 Å². The van der Waals surface area contributed by atoms with E-state index >= 15 is 0 Å². The number of pyridine rings is 1. The third-order valence-corrected chi connectivity index (χ3v) is 4.89. The minimum absolute atomic E-state index is 0.132. The number of ether oxygens (including phenoxy) is 1. The van der Waals surface area contributed by atoms with Gasteiger partial charge in [0.25, 0.3) is 0 Å². The number of nitrogens with one attached hydrogen (secondary N) is 1. The van der Waals surface area contributed by atoms with Gasteiger partial charge in [-0.25, -0.2) is 4.98 Å². The van der Waals surface area contributed by atoms with Crippen molar-refractivity contribution in [2.75, 3.05) is 50.6 Å². The lowest BCUT2D eigenvalue weighted by Crippen LogP contribution is -2.29. The van der Waals surface area contributed by atoms with Crippen LogP contribution in [0.2, 0.25) is 0 Å². The van der Waals surface area contributed by atoms with E-state index in [1.54, 1.807) is 18.2 Å². The number of carbonyl (C=O) groups is 1. The van der Waals surface area contributed by atoms with Crippen molar-refractivity contribution < 1.29 is 22.7 Å². The van der Waals surface area contributed by atoms with Gasteiger partial charge in [-0.3, -0.25) is 4.79 Å². The number of anilines is 2. The zero-order valence-electron chi connectivity index (χ0n) is 16.9. The second-order valence-corrected chi connectivity index (χ2v) is 7.44. The molecule has 1 saturated heterocycles. The summed E-state index contributed by atoms with van der Waals surface area (Å²) >= 11 is 0. The average molecular weight is 422 g/mol. The Bertz CT molecular complexity index is 873. The van der Waals surface area contributed by atoms with Gasteiger partial charge >= 0.3 is 6.18 Å². The van der Waals surface area contributed by atoms with E-state index in [-0.39, 0.29) is 18.3 Å². The minimum Gasteiger partial charge on any atom is -0.490 e. The van der Waals surface area contributed by atoms with E-state index in [4.69, 9.17) is 4.74 Å². The number of nitrogens with zero attached hydrogens (tertiary/aromatic N) is 3. The van der Waals surface area contributed by atoms with E-state index in [2.05, 4.69) is 10.3 Å². The van der Waals surface area contributed by atoms with Crippen LogP contribution in [0.4, 0.5) is 24.7 Å². The number of alkyl halides is 3. The second-order valence-electron chi connectivity index (χ2n) is 7.44. The van der Waals surface area contributed by atoms with Crippen molar-refractivity contribution in [3.05, 3.63) is 48.2 Å². The molecule has 1 aromatic heterocycles. The fraction of sp³-hybridized carbons (Fsp3) is 0.429. The molecule has 1 aromatic carbocycles. The lowest BCUT2D eigenvalue weighted by Gasteiger charge is -2.21. The summed E-state index contributed by atoms with van der Waals surface area (Å²) in [5.41, 5.74) is -0.237. The molecule has 6 nitrogen and oxygen atoms in total. The summed E-state index contributed by atoms with van der Waals surface area (Å²) in [5.74, 6) is -0.257. The molecule has 1 fully saturated rings. The van der Waals surface area contributed by atoms with E-state index in [0.29, 0.717) is 31.0 Å². The molecular formula is C21H25F3N4O2. The van der Waals surface area contributed by atoms with Gasteiger partial charge in [0, 0.05) is 25.8 Å². The normalized spacial score (nSPS) is 16.7. The molecule has 0 saturated carbocycles. The maximum atomic E-state index is 13.3. The highest BCUT2D eigenvalue weighted by Crippen LogP contribution is 2.37. The molecule has 3 rings (SSSR count). The number of likely N-dealkylation sites (N-methyl/N-ethyl adjacent to an activating group) is 1. The molecule has 1 amide bonds. The third-order valence-electron chi connectivity index (χ3n) is 4.89.